The zero-order chi connectivity index (χ0) is 14.7. The molecule has 5 nitrogen and oxygen atoms in total. The molecule has 106 valence electrons. The van der Waals surface area contributed by atoms with Gasteiger partial charge in [0, 0.05) is 36.8 Å². The molecule has 0 fully saturated rings. The van der Waals surface area contributed by atoms with Crippen LogP contribution in [0.5, 0.6) is 0 Å². The van der Waals surface area contributed by atoms with Gasteiger partial charge in [-0.1, -0.05) is 18.2 Å². The van der Waals surface area contributed by atoms with Crippen molar-refractivity contribution >= 4 is 22.6 Å². The minimum atomic E-state index is -0.0146. The monoisotopic (exact) mass is 273 g/mol. The van der Waals surface area contributed by atoms with E-state index in [0.717, 1.165) is 10.9 Å². The van der Waals surface area contributed by atoms with Gasteiger partial charge >= 0.3 is 0 Å². The van der Waals surface area contributed by atoms with Crippen molar-refractivity contribution in [1.82, 2.24) is 14.8 Å². The number of rotatable bonds is 5. The number of amides is 1. The number of carbonyl (C=O) groups is 2. The third-order valence-corrected chi connectivity index (χ3v) is 3.21. The van der Waals surface area contributed by atoms with Gasteiger partial charge in [0.1, 0.15) is 0 Å². The highest BCUT2D eigenvalue weighted by atomic mass is 16.2. The van der Waals surface area contributed by atoms with E-state index < -0.39 is 0 Å². The van der Waals surface area contributed by atoms with Crippen LogP contribution in [0.1, 0.15) is 10.4 Å². The molecule has 5 heteroatoms. The van der Waals surface area contributed by atoms with Gasteiger partial charge in [0.25, 0.3) is 0 Å². The van der Waals surface area contributed by atoms with Crippen LogP contribution in [0, 0.1) is 0 Å². The Hall–Kier alpha value is -2.14. The lowest BCUT2D eigenvalue weighted by atomic mass is 10.1. The van der Waals surface area contributed by atoms with E-state index in [1.165, 1.54) is 4.90 Å². The Balaban J connectivity index is 2.07. The van der Waals surface area contributed by atoms with Gasteiger partial charge in [-0.3, -0.25) is 14.5 Å². The number of H-pyrrole nitrogens is 1. The number of hydrogen-bond acceptors (Lipinski definition) is 3. The molecule has 0 saturated heterocycles. The molecule has 2 rings (SSSR count). The molecule has 1 aromatic carbocycles. The van der Waals surface area contributed by atoms with Crippen LogP contribution in [0.4, 0.5) is 0 Å². The maximum Gasteiger partial charge on any atom is 0.236 e. The van der Waals surface area contributed by atoms with E-state index in [0.29, 0.717) is 5.56 Å². The van der Waals surface area contributed by atoms with Gasteiger partial charge < -0.3 is 9.88 Å². The summed E-state index contributed by atoms with van der Waals surface area (Å²) in [6.45, 7) is 0.461. The Morgan fingerprint density at radius 3 is 2.50 bits per heavy atom. The number of Topliss-reactive ketones (excluding diaryl/α,β-unsaturated/α-hetero) is 1. The molecule has 0 bridgehead atoms. The first-order chi connectivity index (χ1) is 9.49. The van der Waals surface area contributed by atoms with Gasteiger partial charge in [-0.25, -0.2) is 0 Å². The van der Waals surface area contributed by atoms with Crippen molar-refractivity contribution < 1.29 is 9.59 Å². The molecule has 2 aromatic rings. The molecule has 0 unspecified atom stereocenters. The summed E-state index contributed by atoms with van der Waals surface area (Å²) in [6.07, 6.45) is 1.73. The maximum atomic E-state index is 12.3. The number of ketones is 1. The number of benzene rings is 1. The lowest BCUT2D eigenvalue weighted by Crippen LogP contribution is -2.36. The molecule has 0 saturated carbocycles. The summed E-state index contributed by atoms with van der Waals surface area (Å²) in [5.74, 6) is -0.00395. The van der Waals surface area contributed by atoms with Gasteiger partial charge in [0.2, 0.25) is 5.91 Å². The number of aromatic nitrogens is 1. The van der Waals surface area contributed by atoms with Crippen LogP contribution in [0.3, 0.4) is 0 Å². The molecule has 20 heavy (non-hydrogen) atoms. The number of nitrogens with zero attached hydrogens (tertiary/aromatic N) is 2. The van der Waals surface area contributed by atoms with Crippen molar-refractivity contribution in [1.29, 1.82) is 0 Å². The molecule has 0 aliphatic rings. The molecule has 0 atom stereocenters. The highest BCUT2D eigenvalue weighted by molar-refractivity contribution is 6.08. The second-order valence-corrected chi connectivity index (χ2v) is 5.13. The molecule has 1 aromatic heterocycles. The zero-order valence-corrected chi connectivity index (χ0v) is 12.0. The standard InChI is InChI=1S/C15H19N3O2/c1-17(2)15(20)10-18(3)9-14(19)12-8-16-13-7-5-4-6-11(12)13/h4-8,16H,9-10H2,1-3H3. The van der Waals surface area contributed by atoms with Crippen LogP contribution < -0.4 is 0 Å². The Kier molecular flexibility index (Phi) is 4.20. The van der Waals surface area contributed by atoms with Crippen molar-refractivity contribution in [3.63, 3.8) is 0 Å². The highest BCUT2D eigenvalue weighted by Crippen LogP contribution is 2.18. The van der Waals surface area contributed by atoms with E-state index in [9.17, 15) is 9.59 Å². The second kappa shape index (κ2) is 5.88. The van der Waals surface area contributed by atoms with E-state index in [2.05, 4.69) is 4.98 Å². The van der Waals surface area contributed by atoms with Crippen LogP contribution in [0.25, 0.3) is 10.9 Å². The summed E-state index contributed by atoms with van der Waals surface area (Å²) in [4.78, 5) is 30.2. The molecule has 0 spiro atoms. The summed E-state index contributed by atoms with van der Waals surface area (Å²) >= 11 is 0. The molecule has 0 radical (unpaired) electrons. The quantitative estimate of drug-likeness (QED) is 0.837. The number of hydrogen-bond donors (Lipinski definition) is 1. The lowest BCUT2D eigenvalue weighted by molar-refractivity contribution is -0.129. The highest BCUT2D eigenvalue weighted by Gasteiger charge is 2.16. The van der Waals surface area contributed by atoms with Gasteiger partial charge in [-0.15, -0.1) is 0 Å². The number of carbonyl (C=O) groups excluding carboxylic acids is 2. The van der Waals surface area contributed by atoms with Gasteiger partial charge in [-0.05, 0) is 13.1 Å². The predicted molar refractivity (Wildman–Crippen MR) is 78.8 cm³/mol. The average molecular weight is 273 g/mol. The van der Waals surface area contributed by atoms with Crippen LogP contribution >= 0.6 is 0 Å². The number of likely N-dealkylation sites (N-methyl/N-ethyl adjacent to an activating group) is 2. The van der Waals surface area contributed by atoms with Crippen molar-refractivity contribution in [2.75, 3.05) is 34.2 Å². The Bertz CT molecular complexity index is 631. The predicted octanol–water partition coefficient (Wildman–Crippen LogP) is 1.37. The first-order valence-electron chi connectivity index (χ1n) is 6.47. The third-order valence-electron chi connectivity index (χ3n) is 3.21. The summed E-state index contributed by atoms with van der Waals surface area (Å²) in [5.41, 5.74) is 1.62. The lowest BCUT2D eigenvalue weighted by Gasteiger charge is -2.17. The normalized spacial score (nSPS) is 11.0. The fourth-order valence-corrected chi connectivity index (χ4v) is 2.06. The van der Waals surface area contributed by atoms with E-state index in [1.807, 2.05) is 24.3 Å². The van der Waals surface area contributed by atoms with Gasteiger partial charge in [0.05, 0.1) is 13.1 Å². The molecule has 1 N–H and O–H groups in total. The Morgan fingerprint density at radius 1 is 1.10 bits per heavy atom. The number of nitrogens with one attached hydrogen (secondary N) is 1. The van der Waals surface area contributed by atoms with Crippen LogP contribution in [0.2, 0.25) is 0 Å². The van der Waals surface area contributed by atoms with Crippen molar-refractivity contribution in [2.45, 2.75) is 0 Å². The Labute approximate surface area is 118 Å². The van der Waals surface area contributed by atoms with Crippen molar-refractivity contribution in [3.05, 3.63) is 36.0 Å². The first kappa shape index (κ1) is 14.3. The first-order valence-corrected chi connectivity index (χ1v) is 6.47. The summed E-state index contributed by atoms with van der Waals surface area (Å²) in [6, 6.07) is 7.69. The van der Waals surface area contributed by atoms with Gasteiger partial charge in [0.15, 0.2) is 5.78 Å². The molecule has 1 amide bonds. The topological polar surface area (TPSA) is 56.4 Å². The second-order valence-electron chi connectivity index (χ2n) is 5.13. The van der Waals surface area contributed by atoms with E-state index in [1.54, 1.807) is 32.2 Å². The number of para-hydroxylation sites is 1. The van der Waals surface area contributed by atoms with Crippen molar-refractivity contribution in [3.8, 4) is 0 Å². The van der Waals surface area contributed by atoms with E-state index in [4.69, 9.17) is 0 Å². The SMILES string of the molecule is CN(CC(=O)c1c[nH]c2ccccc12)CC(=O)N(C)C. The Morgan fingerprint density at radius 2 is 1.80 bits per heavy atom. The molecular weight excluding hydrogens is 254 g/mol. The fraction of sp³-hybridized carbons (Fsp3) is 0.333. The molecule has 0 aliphatic heterocycles. The molecule has 1 heterocycles. The summed E-state index contributed by atoms with van der Waals surface area (Å²) < 4.78 is 0. The summed E-state index contributed by atoms with van der Waals surface area (Å²) in [5, 5.41) is 0.921. The third kappa shape index (κ3) is 3.05. The van der Waals surface area contributed by atoms with E-state index >= 15 is 0 Å². The minimum Gasteiger partial charge on any atom is -0.360 e. The van der Waals surface area contributed by atoms with E-state index in [-0.39, 0.29) is 24.8 Å². The number of aromatic amines is 1. The minimum absolute atomic E-state index is 0.0107. The molecule has 0 aliphatic carbocycles. The smallest absolute Gasteiger partial charge is 0.236 e. The maximum absolute atomic E-state index is 12.3. The number of fused-ring (bicyclic) bond motifs is 1. The zero-order valence-electron chi connectivity index (χ0n) is 12.0. The van der Waals surface area contributed by atoms with Gasteiger partial charge in [-0.2, -0.15) is 0 Å². The fourth-order valence-electron chi connectivity index (χ4n) is 2.06. The van der Waals surface area contributed by atoms with Crippen LogP contribution in [-0.2, 0) is 4.79 Å². The van der Waals surface area contributed by atoms with Crippen LogP contribution in [0.15, 0.2) is 30.5 Å². The largest absolute Gasteiger partial charge is 0.360 e. The van der Waals surface area contributed by atoms with Crippen LogP contribution in [-0.4, -0.2) is 60.7 Å². The summed E-state index contributed by atoms with van der Waals surface area (Å²) in [7, 11) is 5.18. The molecular formula is C15H19N3O2. The average Bonchev–Trinajstić information content (AvgIpc) is 2.82. The van der Waals surface area contributed by atoms with Crippen molar-refractivity contribution in [2.24, 2.45) is 0 Å².